The van der Waals surface area contributed by atoms with Crippen molar-refractivity contribution in [3.63, 3.8) is 0 Å². The number of imidazole rings is 1. The van der Waals surface area contributed by atoms with Gasteiger partial charge in [-0.2, -0.15) is 0 Å². The van der Waals surface area contributed by atoms with E-state index in [1.54, 1.807) is 6.07 Å². The van der Waals surface area contributed by atoms with Crippen molar-refractivity contribution in [1.29, 1.82) is 0 Å². The van der Waals surface area contributed by atoms with Crippen molar-refractivity contribution in [2.45, 2.75) is 19.9 Å². The Balaban J connectivity index is 1.59. The number of hydrogen-bond acceptors (Lipinski definition) is 6. The van der Waals surface area contributed by atoms with Crippen LogP contribution in [0.3, 0.4) is 0 Å². The lowest BCUT2D eigenvalue weighted by Gasteiger charge is -2.34. The van der Waals surface area contributed by atoms with Gasteiger partial charge in [-0.05, 0) is 49.4 Å². The second kappa shape index (κ2) is 9.53. The molecule has 2 aromatic carbocycles. The summed E-state index contributed by atoms with van der Waals surface area (Å²) in [5, 5.41) is 4.85. The number of nitrogens with zero attached hydrogens (tertiary/aromatic N) is 3. The summed E-state index contributed by atoms with van der Waals surface area (Å²) in [6.45, 7) is 8.71. The first-order chi connectivity index (χ1) is 16.8. The number of benzene rings is 2. The SMILES string of the molecule is CC(C)[C@@H](N)CNc1c(-c2nc3cc(N4CCN(C)CC4)ccc3[nH]2)c(=O)[nH]c2ccc(Cl)cc12. The molecule has 0 aliphatic carbocycles. The van der Waals surface area contributed by atoms with Crippen LogP contribution in [0, 0.1) is 5.92 Å². The van der Waals surface area contributed by atoms with Gasteiger partial charge in [-0.3, -0.25) is 4.79 Å². The van der Waals surface area contributed by atoms with Gasteiger partial charge in [-0.25, -0.2) is 4.98 Å². The van der Waals surface area contributed by atoms with Crippen molar-refractivity contribution in [1.82, 2.24) is 19.9 Å². The van der Waals surface area contributed by atoms with E-state index in [-0.39, 0.29) is 11.6 Å². The van der Waals surface area contributed by atoms with Crippen molar-refractivity contribution >= 4 is 44.9 Å². The summed E-state index contributed by atoms with van der Waals surface area (Å²) in [4.78, 5) is 29.2. The summed E-state index contributed by atoms with van der Waals surface area (Å²) in [5.74, 6) is 0.807. The summed E-state index contributed by atoms with van der Waals surface area (Å²) in [6.07, 6.45) is 0. The minimum absolute atomic E-state index is 0.0711. The Morgan fingerprint density at radius 1 is 1.09 bits per heavy atom. The van der Waals surface area contributed by atoms with Crippen LogP contribution in [-0.4, -0.2) is 65.7 Å². The van der Waals surface area contributed by atoms with Crippen LogP contribution < -0.4 is 21.5 Å². The molecule has 1 atom stereocenters. The Hall–Kier alpha value is -3.07. The number of piperazine rings is 1. The largest absolute Gasteiger partial charge is 0.382 e. The average Bonchev–Trinajstić information content (AvgIpc) is 3.25. The lowest BCUT2D eigenvalue weighted by atomic mass is 10.0. The zero-order valence-electron chi connectivity index (χ0n) is 20.4. The molecule has 1 aliphatic heterocycles. The van der Waals surface area contributed by atoms with Gasteiger partial charge in [0.2, 0.25) is 0 Å². The van der Waals surface area contributed by atoms with Gasteiger partial charge in [0.1, 0.15) is 11.4 Å². The molecule has 9 heteroatoms. The molecule has 0 spiro atoms. The minimum atomic E-state index is -0.223. The molecule has 0 amide bonds. The molecule has 0 saturated carbocycles. The highest BCUT2D eigenvalue weighted by atomic mass is 35.5. The van der Waals surface area contributed by atoms with Crippen LogP contribution >= 0.6 is 11.6 Å². The highest BCUT2D eigenvalue weighted by Crippen LogP contribution is 2.33. The summed E-state index contributed by atoms with van der Waals surface area (Å²) in [5.41, 5.74) is 10.8. The lowest BCUT2D eigenvalue weighted by molar-refractivity contribution is 0.313. The van der Waals surface area contributed by atoms with Crippen LogP contribution in [0.5, 0.6) is 0 Å². The van der Waals surface area contributed by atoms with E-state index in [0.717, 1.165) is 48.3 Å². The fourth-order valence-corrected chi connectivity index (χ4v) is 4.68. The number of likely N-dealkylation sites (N-methyl/N-ethyl adjacent to an activating group) is 1. The second-order valence-electron chi connectivity index (χ2n) is 9.76. The van der Waals surface area contributed by atoms with Crippen molar-refractivity contribution < 1.29 is 0 Å². The van der Waals surface area contributed by atoms with Gasteiger partial charge in [-0.15, -0.1) is 0 Å². The molecule has 3 heterocycles. The fourth-order valence-electron chi connectivity index (χ4n) is 4.50. The molecule has 184 valence electrons. The average molecular weight is 494 g/mol. The Morgan fingerprint density at radius 3 is 2.57 bits per heavy atom. The summed E-state index contributed by atoms with van der Waals surface area (Å²) in [6, 6.07) is 11.6. The Labute approximate surface area is 209 Å². The topological polar surface area (TPSA) is 106 Å². The Bertz CT molecular complexity index is 1420. The number of aromatic nitrogens is 3. The monoisotopic (exact) mass is 493 g/mol. The molecule has 0 unspecified atom stereocenters. The van der Waals surface area contributed by atoms with E-state index in [1.165, 1.54) is 0 Å². The normalized spacial score (nSPS) is 15.9. The van der Waals surface area contributed by atoms with Crippen molar-refractivity contribution in [2.24, 2.45) is 11.7 Å². The third-order valence-corrected chi connectivity index (χ3v) is 7.15. The molecule has 0 radical (unpaired) electrons. The second-order valence-corrected chi connectivity index (χ2v) is 10.2. The molecular formula is C26H32ClN7O. The molecule has 35 heavy (non-hydrogen) atoms. The Kier molecular flexibility index (Phi) is 6.44. The number of halogens is 1. The summed E-state index contributed by atoms with van der Waals surface area (Å²) in [7, 11) is 2.15. The van der Waals surface area contributed by atoms with Crippen LogP contribution in [0.1, 0.15) is 13.8 Å². The zero-order valence-corrected chi connectivity index (χ0v) is 21.1. The van der Waals surface area contributed by atoms with E-state index < -0.39 is 0 Å². The number of pyridine rings is 1. The molecule has 2 aromatic heterocycles. The number of aromatic amines is 2. The summed E-state index contributed by atoms with van der Waals surface area (Å²) < 4.78 is 0. The molecule has 1 saturated heterocycles. The van der Waals surface area contributed by atoms with E-state index in [2.05, 4.69) is 58.1 Å². The van der Waals surface area contributed by atoms with Gasteiger partial charge in [0, 0.05) is 54.9 Å². The quantitative estimate of drug-likeness (QED) is 0.325. The smallest absolute Gasteiger partial charge is 0.261 e. The van der Waals surface area contributed by atoms with Crippen LogP contribution in [0.4, 0.5) is 11.4 Å². The highest BCUT2D eigenvalue weighted by molar-refractivity contribution is 6.31. The molecule has 5 N–H and O–H groups in total. The van der Waals surface area contributed by atoms with E-state index in [0.29, 0.717) is 40.1 Å². The third-order valence-electron chi connectivity index (χ3n) is 6.92. The van der Waals surface area contributed by atoms with E-state index >= 15 is 0 Å². The number of nitrogens with two attached hydrogens (primary N) is 1. The number of nitrogens with one attached hydrogen (secondary N) is 3. The first-order valence-corrected chi connectivity index (χ1v) is 12.5. The third kappa shape index (κ3) is 4.74. The molecule has 1 aliphatic rings. The van der Waals surface area contributed by atoms with E-state index in [9.17, 15) is 4.79 Å². The van der Waals surface area contributed by atoms with Gasteiger partial charge in [0.05, 0.1) is 22.2 Å². The van der Waals surface area contributed by atoms with Gasteiger partial charge in [0.15, 0.2) is 0 Å². The predicted molar refractivity (Wildman–Crippen MR) is 146 cm³/mol. The zero-order chi connectivity index (χ0) is 24.7. The highest BCUT2D eigenvalue weighted by Gasteiger charge is 2.20. The maximum atomic E-state index is 13.3. The van der Waals surface area contributed by atoms with E-state index in [1.807, 2.05) is 18.2 Å². The molecule has 1 fully saturated rings. The molecule has 4 aromatic rings. The van der Waals surface area contributed by atoms with Crippen LogP contribution in [0.15, 0.2) is 41.2 Å². The van der Waals surface area contributed by atoms with Crippen LogP contribution in [0.25, 0.3) is 33.3 Å². The predicted octanol–water partition coefficient (Wildman–Crippen LogP) is 3.87. The standard InChI is InChI=1S/C26H32ClN7O/c1-15(2)19(28)14-29-24-18-12-16(27)4-6-20(18)32-26(35)23(24)25-30-21-7-5-17(13-22(21)31-25)34-10-8-33(3)9-11-34/h4-7,12-13,15,19H,8-11,14,28H2,1-3H3,(H,30,31)(H2,29,32,35)/t19-/m0/s1. The minimum Gasteiger partial charge on any atom is -0.382 e. The number of anilines is 2. The van der Waals surface area contributed by atoms with Gasteiger partial charge in [-0.1, -0.05) is 25.4 Å². The number of H-pyrrole nitrogens is 2. The van der Waals surface area contributed by atoms with Crippen molar-refractivity contribution in [3.05, 3.63) is 51.8 Å². The van der Waals surface area contributed by atoms with Crippen molar-refractivity contribution in [2.75, 3.05) is 50.0 Å². The molecular weight excluding hydrogens is 462 g/mol. The molecule has 8 nitrogen and oxygen atoms in total. The molecule has 0 bridgehead atoms. The van der Waals surface area contributed by atoms with Crippen LogP contribution in [0.2, 0.25) is 5.02 Å². The van der Waals surface area contributed by atoms with Gasteiger partial charge in [0.25, 0.3) is 5.56 Å². The first kappa shape index (κ1) is 23.7. The lowest BCUT2D eigenvalue weighted by Crippen LogP contribution is -2.44. The fraction of sp³-hybridized carbons (Fsp3) is 0.385. The number of hydrogen-bond donors (Lipinski definition) is 4. The summed E-state index contributed by atoms with van der Waals surface area (Å²) >= 11 is 6.33. The number of fused-ring (bicyclic) bond motifs is 2. The first-order valence-electron chi connectivity index (χ1n) is 12.1. The number of rotatable bonds is 6. The van der Waals surface area contributed by atoms with Gasteiger partial charge < -0.3 is 30.8 Å². The van der Waals surface area contributed by atoms with Gasteiger partial charge >= 0.3 is 0 Å². The maximum Gasteiger partial charge on any atom is 0.261 e. The maximum absolute atomic E-state index is 13.3. The molecule has 5 rings (SSSR count). The van der Waals surface area contributed by atoms with Crippen LogP contribution in [-0.2, 0) is 0 Å². The van der Waals surface area contributed by atoms with E-state index in [4.69, 9.17) is 22.3 Å². The van der Waals surface area contributed by atoms with Crippen molar-refractivity contribution in [3.8, 4) is 11.4 Å². The Morgan fingerprint density at radius 2 is 1.83 bits per heavy atom.